The van der Waals surface area contributed by atoms with E-state index in [9.17, 15) is 13.2 Å². The number of aryl methyl sites for hydroxylation is 1. The summed E-state index contributed by atoms with van der Waals surface area (Å²) in [5.74, 6) is -0.125. The van der Waals surface area contributed by atoms with E-state index in [1.165, 1.54) is 10.4 Å². The molecule has 0 aliphatic carbocycles. The smallest absolute Gasteiger partial charge is 0.243 e. The predicted molar refractivity (Wildman–Crippen MR) is 108 cm³/mol. The van der Waals surface area contributed by atoms with E-state index in [4.69, 9.17) is 0 Å². The van der Waals surface area contributed by atoms with Gasteiger partial charge in [0.05, 0.1) is 29.2 Å². The van der Waals surface area contributed by atoms with Crippen molar-refractivity contribution in [1.82, 2.24) is 29.6 Å². The topological polar surface area (TPSA) is 110 Å². The lowest BCUT2D eigenvalue weighted by Crippen LogP contribution is -2.30. The Morgan fingerprint density at radius 2 is 1.97 bits per heavy atom. The molecule has 3 aromatic rings. The summed E-state index contributed by atoms with van der Waals surface area (Å²) in [7, 11) is -3.56. The van der Waals surface area contributed by atoms with Gasteiger partial charge in [-0.3, -0.25) is 9.78 Å². The number of nitrogens with zero attached hydrogens (tertiary/aromatic N) is 5. The summed E-state index contributed by atoms with van der Waals surface area (Å²) in [6, 6.07) is 10.3. The van der Waals surface area contributed by atoms with Crippen LogP contribution in [0.3, 0.4) is 0 Å². The maximum Gasteiger partial charge on any atom is 0.243 e. The average Bonchev–Trinajstić information content (AvgIpc) is 3.14. The summed E-state index contributed by atoms with van der Waals surface area (Å²) in [6.07, 6.45) is 1.91. The van der Waals surface area contributed by atoms with Crippen LogP contribution in [-0.2, 0) is 27.9 Å². The van der Waals surface area contributed by atoms with Crippen molar-refractivity contribution in [2.24, 2.45) is 0 Å². The molecule has 0 atom stereocenters. The van der Waals surface area contributed by atoms with Gasteiger partial charge in [-0.05, 0) is 30.3 Å². The highest BCUT2D eigenvalue weighted by atomic mass is 32.2. The van der Waals surface area contributed by atoms with Crippen molar-refractivity contribution in [2.45, 2.75) is 38.3 Å². The summed E-state index contributed by atoms with van der Waals surface area (Å²) in [6.45, 7) is 5.11. The molecule has 1 amide bonds. The fraction of sp³-hybridized carbons (Fsp3) is 0.368. The number of nitrogens with one attached hydrogen (secondary N) is 1. The Balaban J connectivity index is 1.66. The minimum Gasteiger partial charge on any atom is -0.350 e. The normalized spacial score (nSPS) is 11.8. The molecule has 154 valence electrons. The van der Waals surface area contributed by atoms with Crippen molar-refractivity contribution < 1.29 is 13.2 Å². The molecule has 3 rings (SSSR count). The Morgan fingerprint density at radius 3 is 2.66 bits per heavy atom. The van der Waals surface area contributed by atoms with E-state index in [2.05, 4.69) is 20.6 Å². The van der Waals surface area contributed by atoms with Crippen LogP contribution in [0.5, 0.6) is 0 Å². The van der Waals surface area contributed by atoms with Gasteiger partial charge < -0.3 is 5.32 Å². The van der Waals surface area contributed by atoms with Gasteiger partial charge in [0.25, 0.3) is 0 Å². The monoisotopic (exact) mass is 416 g/mol. The molecular weight excluding hydrogens is 392 g/mol. The van der Waals surface area contributed by atoms with Gasteiger partial charge in [0, 0.05) is 25.7 Å². The molecule has 0 spiro atoms. The standard InChI is InChI=1S/C19H24N6O3S/c1-3-24(4-2)29(27,28)16-8-9-18-17(13-16)22-23-25(18)12-10-19(26)21-14-15-7-5-6-11-20-15/h5-9,11,13H,3-4,10,12,14H2,1-2H3,(H,21,26). The van der Waals surface area contributed by atoms with Gasteiger partial charge in [-0.2, -0.15) is 4.31 Å². The third kappa shape index (κ3) is 4.77. The van der Waals surface area contributed by atoms with E-state index in [1.807, 2.05) is 18.2 Å². The number of rotatable bonds is 9. The van der Waals surface area contributed by atoms with Gasteiger partial charge >= 0.3 is 0 Å². The van der Waals surface area contributed by atoms with Crippen LogP contribution in [0.25, 0.3) is 11.0 Å². The van der Waals surface area contributed by atoms with Crippen molar-refractivity contribution in [1.29, 1.82) is 0 Å². The molecule has 0 aliphatic rings. The van der Waals surface area contributed by atoms with Crippen LogP contribution >= 0.6 is 0 Å². The van der Waals surface area contributed by atoms with E-state index in [-0.39, 0.29) is 17.2 Å². The van der Waals surface area contributed by atoms with Gasteiger partial charge in [0.2, 0.25) is 15.9 Å². The molecule has 29 heavy (non-hydrogen) atoms. The molecule has 10 heteroatoms. The molecule has 0 aliphatic heterocycles. The molecule has 0 unspecified atom stereocenters. The third-order valence-corrected chi connectivity index (χ3v) is 6.62. The lowest BCUT2D eigenvalue weighted by Gasteiger charge is -2.18. The Labute approximate surface area is 169 Å². The number of sulfonamides is 1. The summed E-state index contributed by atoms with van der Waals surface area (Å²) < 4.78 is 28.3. The summed E-state index contributed by atoms with van der Waals surface area (Å²) in [4.78, 5) is 16.4. The first-order chi connectivity index (χ1) is 14.0. The highest BCUT2D eigenvalue weighted by Gasteiger charge is 2.22. The first kappa shape index (κ1) is 20.9. The molecule has 0 radical (unpaired) electrons. The fourth-order valence-electron chi connectivity index (χ4n) is 2.98. The van der Waals surface area contributed by atoms with Crippen LogP contribution in [0.2, 0.25) is 0 Å². The summed E-state index contributed by atoms with van der Waals surface area (Å²) >= 11 is 0. The first-order valence-electron chi connectivity index (χ1n) is 9.45. The summed E-state index contributed by atoms with van der Waals surface area (Å²) in [5.41, 5.74) is 1.95. The Kier molecular flexibility index (Phi) is 6.55. The lowest BCUT2D eigenvalue weighted by atomic mass is 10.3. The number of fused-ring (bicyclic) bond motifs is 1. The largest absolute Gasteiger partial charge is 0.350 e. The van der Waals surface area contributed by atoms with Crippen molar-refractivity contribution in [3.05, 3.63) is 48.3 Å². The van der Waals surface area contributed by atoms with Crippen LogP contribution in [-0.4, -0.2) is 51.7 Å². The van der Waals surface area contributed by atoms with Gasteiger partial charge in [-0.1, -0.05) is 25.1 Å². The molecule has 1 N–H and O–H groups in total. The molecule has 2 heterocycles. The van der Waals surface area contributed by atoms with Gasteiger partial charge in [-0.25, -0.2) is 13.1 Å². The SMILES string of the molecule is CCN(CC)S(=O)(=O)c1ccc2c(c1)nnn2CCC(=O)NCc1ccccn1. The van der Waals surface area contributed by atoms with E-state index in [0.717, 1.165) is 5.69 Å². The van der Waals surface area contributed by atoms with Gasteiger partial charge in [0.1, 0.15) is 5.52 Å². The second-order valence-electron chi connectivity index (χ2n) is 6.40. The van der Waals surface area contributed by atoms with Gasteiger partial charge in [-0.15, -0.1) is 5.10 Å². The number of carbonyl (C=O) groups is 1. The molecule has 0 saturated heterocycles. The number of hydrogen-bond acceptors (Lipinski definition) is 6. The first-order valence-corrected chi connectivity index (χ1v) is 10.9. The number of benzene rings is 1. The summed E-state index contributed by atoms with van der Waals surface area (Å²) in [5, 5.41) is 10.9. The van der Waals surface area contributed by atoms with Crippen molar-refractivity contribution in [3.63, 3.8) is 0 Å². The zero-order chi connectivity index (χ0) is 20.9. The van der Waals surface area contributed by atoms with Crippen molar-refractivity contribution in [2.75, 3.05) is 13.1 Å². The van der Waals surface area contributed by atoms with Crippen molar-refractivity contribution >= 4 is 27.0 Å². The van der Waals surface area contributed by atoms with Crippen LogP contribution < -0.4 is 5.32 Å². The van der Waals surface area contributed by atoms with Gasteiger partial charge in [0.15, 0.2) is 0 Å². The second kappa shape index (κ2) is 9.10. The Bertz CT molecular complexity index is 1080. The van der Waals surface area contributed by atoms with Crippen LogP contribution in [0.1, 0.15) is 26.0 Å². The number of carbonyl (C=O) groups excluding carboxylic acids is 1. The highest BCUT2D eigenvalue weighted by molar-refractivity contribution is 7.89. The minimum absolute atomic E-state index is 0.125. The second-order valence-corrected chi connectivity index (χ2v) is 8.34. The Morgan fingerprint density at radius 1 is 1.17 bits per heavy atom. The van der Waals surface area contributed by atoms with Crippen molar-refractivity contribution in [3.8, 4) is 0 Å². The number of hydrogen-bond donors (Lipinski definition) is 1. The van der Waals surface area contributed by atoms with Crippen LogP contribution in [0.15, 0.2) is 47.5 Å². The zero-order valence-corrected chi connectivity index (χ0v) is 17.3. The third-order valence-electron chi connectivity index (χ3n) is 4.57. The average molecular weight is 417 g/mol. The van der Waals surface area contributed by atoms with E-state index < -0.39 is 10.0 Å². The number of aromatic nitrogens is 4. The van der Waals surface area contributed by atoms with Crippen LogP contribution in [0, 0.1) is 0 Å². The molecule has 0 bridgehead atoms. The number of pyridine rings is 1. The number of amides is 1. The molecule has 0 saturated carbocycles. The predicted octanol–water partition coefficient (Wildman–Crippen LogP) is 1.56. The molecule has 9 nitrogen and oxygen atoms in total. The maximum atomic E-state index is 12.7. The fourth-order valence-corrected chi connectivity index (χ4v) is 4.46. The molecule has 0 fully saturated rings. The molecular formula is C19H24N6O3S. The highest BCUT2D eigenvalue weighted by Crippen LogP contribution is 2.20. The zero-order valence-electron chi connectivity index (χ0n) is 16.4. The molecule has 1 aromatic carbocycles. The van der Waals surface area contributed by atoms with Crippen LogP contribution in [0.4, 0.5) is 0 Å². The van der Waals surface area contributed by atoms with E-state index >= 15 is 0 Å². The molecule has 2 aromatic heterocycles. The quantitative estimate of drug-likeness (QED) is 0.567. The Hall–Kier alpha value is -2.85. The van der Waals surface area contributed by atoms with E-state index in [0.29, 0.717) is 37.2 Å². The maximum absolute atomic E-state index is 12.7. The van der Waals surface area contributed by atoms with E-state index in [1.54, 1.807) is 36.9 Å². The minimum atomic E-state index is -3.56. The lowest BCUT2D eigenvalue weighted by molar-refractivity contribution is -0.121.